The van der Waals surface area contributed by atoms with Crippen LogP contribution in [0.15, 0.2) is 36.4 Å². The highest BCUT2D eigenvalue weighted by atomic mass is 32.2. The molecular formula is C19H19N3O3S2. The van der Waals surface area contributed by atoms with E-state index in [1.54, 1.807) is 18.2 Å². The second kappa shape index (κ2) is 6.61. The fourth-order valence-electron chi connectivity index (χ4n) is 3.36. The number of nitrogens with zero attached hydrogens (tertiary/aromatic N) is 2. The Morgan fingerprint density at radius 1 is 1.26 bits per heavy atom. The van der Waals surface area contributed by atoms with Crippen molar-refractivity contribution in [1.82, 2.24) is 4.98 Å². The maximum absolute atomic E-state index is 12.7. The molecule has 0 saturated carbocycles. The summed E-state index contributed by atoms with van der Waals surface area (Å²) in [5, 5.41) is 3.42. The molecule has 2 heterocycles. The third kappa shape index (κ3) is 3.42. The summed E-state index contributed by atoms with van der Waals surface area (Å²) in [5.74, 6) is -0.244. The number of para-hydroxylation sites is 1. The van der Waals surface area contributed by atoms with Gasteiger partial charge in [0.15, 0.2) is 5.13 Å². The average Bonchev–Trinajstić information content (AvgIpc) is 3.03. The number of benzene rings is 2. The number of amides is 1. The summed E-state index contributed by atoms with van der Waals surface area (Å²) in [4.78, 5) is 17.2. The number of hydrogen-bond acceptors (Lipinski definition) is 5. The molecular weight excluding hydrogens is 382 g/mol. The number of nitrogens with one attached hydrogen (secondary N) is 1. The van der Waals surface area contributed by atoms with Gasteiger partial charge in [-0.25, -0.2) is 13.4 Å². The molecule has 8 heteroatoms. The molecule has 6 nitrogen and oxygen atoms in total. The van der Waals surface area contributed by atoms with E-state index < -0.39 is 10.0 Å². The Bertz CT molecular complexity index is 1150. The Morgan fingerprint density at radius 3 is 2.81 bits per heavy atom. The van der Waals surface area contributed by atoms with Crippen molar-refractivity contribution in [1.29, 1.82) is 0 Å². The lowest BCUT2D eigenvalue weighted by Gasteiger charge is -2.29. The predicted molar refractivity (Wildman–Crippen MR) is 109 cm³/mol. The van der Waals surface area contributed by atoms with Gasteiger partial charge in [0.1, 0.15) is 0 Å². The van der Waals surface area contributed by atoms with Crippen molar-refractivity contribution in [2.75, 3.05) is 22.4 Å². The van der Waals surface area contributed by atoms with Crippen LogP contribution in [-0.4, -0.2) is 32.1 Å². The second-order valence-corrected chi connectivity index (χ2v) is 9.61. The number of aromatic nitrogens is 1. The SMILES string of the molecule is Cc1cccc2sc(NC(=O)c3ccc4c(c3)CCCN4S(C)(=O)=O)nc12. The normalized spacial score (nSPS) is 14.2. The van der Waals surface area contributed by atoms with E-state index in [1.807, 2.05) is 25.1 Å². The highest BCUT2D eigenvalue weighted by molar-refractivity contribution is 7.92. The van der Waals surface area contributed by atoms with Gasteiger partial charge >= 0.3 is 0 Å². The van der Waals surface area contributed by atoms with Crippen LogP contribution in [0.25, 0.3) is 10.2 Å². The molecule has 0 radical (unpaired) electrons. The highest BCUT2D eigenvalue weighted by Crippen LogP contribution is 2.31. The fraction of sp³-hybridized carbons (Fsp3) is 0.263. The lowest BCUT2D eigenvalue weighted by atomic mass is 10.0. The summed E-state index contributed by atoms with van der Waals surface area (Å²) in [6.45, 7) is 2.47. The molecule has 0 fully saturated rings. The second-order valence-electron chi connectivity index (χ2n) is 6.68. The summed E-state index contributed by atoms with van der Waals surface area (Å²) in [5.41, 5.74) is 4.00. The third-order valence-electron chi connectivity index (χ3n) is 4.66. The van der Waals surface area contributed by atoms with Crippen molar-refractivity contribution in [2.45, 2.75) is 19.8 Å². The topological polar surface area (TPSA) is 79.4 Å². The van der Waals surface area contributed by atoms with Crippen molar-refractivity contribution >= 4 is 48.3 Å². The molecule has 4 rings (SSSR count). The van der Waals surface area contributed by atoms with Crippen LogP contribution in [0.4, 0.5) is 10.8 Å². The van der Waals surface area contributed by atoms with Crippen molar-refractivity contribution in [3.8, 4) is 0 Å². The molecule has 0 atom stereocenters. The first-order valence-electron chi connectivity index (χ1n) is 8.61. The van der Waals surface area contributed by atoms with Crippen molar-refractivity contribution in [2.24, 2.45) is 0 Å². The molecule has 0 spiro atoms. The molecule has 2 aromatic carbocycles. The van der Waals surface area contributed by atoms with Gasteiger partial charge < -0.3 is 0 Å². The lowest BCUT2D eigenvalue weighted by molar-refractivity contribution is 0.102. The molecule has 27 heavy (non-hydrogen) atoms. The van der Waals surface area contributed by atoms with Crippen LogP contribution >= 0.6 is 11.3 Å². The van der Waals surface area contributed by atoms with Crippen LogP contribution in [0.2, 0.25) is 0 Å². The molecule has 0 aliphatic carbocycles. The molecule has 1 amide bonds. The zero-order valence-corrected chi connectivity index (χ0v) is 16.7. The molecule has 3 aromatic rings. The minimum absolute atomic E-state index is 0.244. The summed E-state index contributed by atoms with van der Waals surface area (Å²) in [7, 11) is -3.32. The van der Waals surface area contributed by atoms with Gasteiger partial charge in [0.05, 0.1) is 22.2 Å². The Morgan fingerprint density at radius 2 is 2.07 bits per heavy atom. The molecule has 0 saturated heterocycles. The van der Waals surface area contributed by atoms with E-state index >= 15 is 0 Å². The van der Waals surface area contributed by atoms with E-state index in [-0.39, 0.29) is 5.91 Å². The number of carbonyl (C=O) groups is 1. The van der Waals surface area contributed by atoms with E-state index in [9.17, 15) is 13.2 Å². The lowest BCUT2D eigenvalue weighted by Crippen LogP contribution is -2.34. The summed E-state index contributed by atoms with van der Waals surface area (Å²) < 4.78 is 26.4. The molecule has 0 bridgehead atoms. The molecule has 1 aromatic heterocycles. The van der Waals surface area contributed by atoms with Crippen LogP contribution < -0.4 is 9.62 Å². The van der Waals surface area contributed by atoms with E-state index in [1.165, 1.54) is 21.9 Å². The number of hydrogen-bond donors (Lipinski definition) is 1. The standard InChI is InChI=1S/C19H19N3O3S2/c1-12-5-3-7-16-17(12)20-19(26-16)21-18(23)14-8-9-15-13(11-14)6-4-10-22(15)27(2,24)25/h3,5,7-9,11H,4,6,10H2,1-2H3,(H,20,21,23). The third-order valence-corrected chi connectivity index (χ3v) is 6.78. The first-order valence-corrected chi connectivity index (χ1v) is 11.3. The first kappa shape index (κ1) is 17.9. The summed E-state index contributed by atoms with van der Waals surface area (Å²) in [6, 6.07) is 11.1. The van der Waals surface area contributed by atoms with E-state index in [0.717, 1.165) is 34.2 Å². The van der Waals surface area contributed by atoms with Crippen LogP contribution in [0.3, 0.4) is 0 Å². The van der Waals surface area contributed by atoms with Crippen molar-refractivity contribution in [3.63, 3.8) is 0 Å². The van der Waals surface area contributed by atoms with Crippen LogP contribution in [0.1, 0.15) is 27.9 Å². The van der Waals surface area contributed by atoms with E-state index in [4.69, 9.17) is 0 Å². The van der Waals surface area contributed by atoms with Gasteiger partial charge in [-0.15, -0.1) is 0 Å². The maximum atomic E-state index is 12.7. The number of anilines is 2. The summed E-state index contributed by atoms with van der Waals surface area (Å²) in [6.07, 6.45) is 2.70. The smallest absolute Gasteiger partial charge is 0.257 e. The summed E-state index contributed by atoms with van der Waals surface area (Å²) >= 11 is 1.44. The number of fused-ring (bicyclic) bond motifs is 2. The number of aryl methyl sites for hydroxylation is 2. The Balaban J connectivity index is 1.61. The van der Waals surface area contributed by atoms with Crippen molar-refractivity contribution < 1.29 is 13.2 Å². The zero-order chi connectivity index (χ0) is 19.2. The quantitative estimate of drug-likeness (QED) is 0.728. The first-order chi connectivity index (χ1) is 12.8. The van der Waals surface area contributed by atoms with Crippen molar-refractivity contribution in [3.05, 3.63) is 53.1 Å². The minimum atomic E-state index is -3.32. The maximum Gasteiger partial charge on any atom is 0.257 e. The van der Waals surface area contributed by atoms with Gasteiger partial charge in [-0.2, -0.15) is 0 Å². The molecule has 0 unspecified atom stereocenters. The fourth-order valence-corrected chi connectivity index (χ4v) is 5.29. The van der Waals surface area contributed by atoms with Crippen LogP contribution in [-0.2, 0) is 16.4 Å². The molecule has 1 aliphatic rings. The van der Waals surface area contributed by atoms with Gasteiger partial charge in [-0.1, -0.05) is 23.5 Å². The molecule has 140 valence electrons. The van der Waals surface area contributed by atoms with Gasteiger partial charge in [0.25, 0.3) is 5.91 Å². The predicted octanol–water partition coefficient (Wildman–Crippen LogP) is 3.57. The van der Waals surface area contributed by atoms with Crippen LogP contribution in [0, 0.1) is 6.92 Å². The molecule has 1 aliphatic heterocycles. The highest BCUT2D eigenvalue weighted by Gasteiger charge is 2.24. The molecule has 1 N–H and O–H groups in total. The minimum Gasteiger partial charge on any atom is -0.298 e. The van der Waals surface area contributed by atoms with Gasteiger partial charge in [0, 0.05) is 12.1 Å². The van der Waals surface area contributed by atoms with E-state index in [2.05, 4.69) is 10.3 Å². The Labute approximate surface area is 161 Å². The number of carbonyl (C=O) groups excluding carboxylic acids is 1. The average molecular weight is 402 g/mol. The van der Waals surface area contributed by atoms with Crippen LogP contribution in [0.5, 0.6) is 0 Å². The number of sulfonamides is 1. The number of rotatable bonds is 3. The monoisotopic (exact) mass is 401 g/mol. The Kier molecular flexibility index (Phi) is 4.39. The number of thiazole rings is 1. The Hall–Kier alpha value is -2.45. The van der Waals surface area contributed by atoms with E-state index in [0.29, 0.717) is 22.9 Å². The van der Waals surface area contributed by atoms with Gasteiger partial charge in [0.2, 0.25) is 10.0 Å². The van der Waals surface area contributed by atoms with Gasteiger partial charge in [-0.05, 0) is 55.2 Å². The van der Waals surface area contributed by atoms with Gasteiger partial charge in [-0.3, -0.25) is 14.4 Å². The largest absolute Gasteiger partial charge is 0.298 e. The zero-order valence-electron chi connectivity index (χ0n) is 15.0.